The number of hydrogen-bond donors (Lipinski definition) is 1. The first-order chi connectivity index (χ1) is 14.8. The summed E-state index contributed by atoms with van der Waals surface area (Å²) in [5, 5.41) is 2.87. The molecule has 1 heterocycles. The molecule has 5 amide bonds. The maximum atomic E-state index is 12.7. The summed E-state index contributed by atoms with van der Waals surface area (Å²) in [7, 11) is 3.42. The normalized spacial score (nSPS) is 17.2. The van der Waals surface area contributed by atoms with Crippen molar-refractivity contribution in [3.63, 3.8) is 0 Å². The van der Waals surface area contributed by atoms with E-state index < -0.39 is 5.54 Å². The minimum atomic E-state index is -0.698. The second kappa shape index (κ2) is 9.49. The number of urea groups is 1. The van der Waals surface area contributed by atoms with Gasteiger partial charge in [-0.3, -0.25) is 19.3 Å². The zero-order valence-electron chi connectivity index (χ0n) is 18.6. The van der Waals surface area contributed by atoms with Gasteiger partial charge in [-0.2, -0.15) is 0 Å². The van der Waals surface area contributed by atoms with Crippen molar-refractivity contribution in [2.75, 3.05) is 27.2 Å². The molecule has 1 saturated carbocycles. The van der Waals surface area contributed by atoms with Crippen molar-refractivity contribution in [1.82, 2.24) is 20.0 Å². The molecule has 1 saturated heterocycles. The Balaban J connectivity index is 1.50. The van der Waals surface area contributed by atoms with Crippen LogP contribution in [0.4, 0.5) is 4.79 Å². The second-order valence-electron chi connectivity index (χ2n) is 8.58. The molecule has 1 spiro atoms. The SMILES string of the molecule is CCN(Cc1ccc(C(=O)N(C)C)cc1)C(=O)CCCN1C(=O)NC2(CCCC2)C1=O. The lowest BCUT2D eigenvalue weighted by atomic mass is 9.98. The van der Waals surface area contributed by atoms with Gasteiger partial charge in [0.05, 0.1) is 0 Å². The molecular formula is C23H32N4O4. The van der Waals surface area contributed by atoms with Crippen molar-refractivity contribution in [2.24, 2.45) is 0 Å². The zero-order chi connectivity index (χ0) is 22.6. The molecule has 1 aromatic carbocycles. The van der Waals surface area contributed by atoms with Crippen molar-refractivity contribution in [2.45, 2.75) is 57.5 Å². The van der Waals surface area contributed by atoms with Gasteiger partial charge in [-0.05, 0) is 43.9 Å². The summed E-state index contributed by atoms with van der Waals surface area (Å²) in [6.07, 6.45) is 4.03. The van der Waals surface area contributed by atoms with E-state index in [0.29, 0.717) is 37.9 Å². The predicted octanol–water partition coefficient (Wildman–Crippen LogP) is 2.38. The maximum Gasteiger partial charge on any atom is 0.325 e. The lowest BCUT2D eigenvalue weighted by Gasteiger charge is -2.22. The Labute approximate surface area is 183 Å². The molecule has 1 aromatic rings. The van der Waals surface area contributed by atoms with Crippen molar-refractivity contribution in [3.8, 4) is 0 Å². The highest BCUT2D eigenvalue weighted by Gasteiger charge is 2.52. The summed E-state index contributed by atoms with van der Waals surface area (Å²) in [4.78, 5) is 54.2. The van der Waals surface area contributed by atoms with Crippen LogP contribution in [0.5, 0.6) is 0 Å². The number of benzene rings is 1. The molecule has 168 valence electrons. The summed E-state index contributed by atoms with van der Waals surface area (Å²) in [5.74, 6) is -0.212. The van der Waals surface area contributed by atoms with Gasteiger partial charge in [0.2, 0.25) is 5.91 Å². The number of carbonyl (C=O) groups excluding carboxylic acids is 4. The van der Waals surface area contributed by atoms with Crippen molar-refractivity contribution in [3.05, 3.63) is 35.4 Å². The highest BCUT2D eigenvalue weighted by Crippen LogP contribution is 2.35. The molecular weight excluding hydrogens is 396 g/mol. The molecule has 0 bridgehead atoms. The van der Waals surface area contributed by atoms with Crippen LogP contribution in [-0.4, -0.2) is 71.2 Å². The Morgan fingerprint density at radius 1 is 1.10 bits per heavy atom. The van der Waals surface area contributed by atoms with Crippen molar-refractivity contribution >= 4 is 23.8 Å². The summed E-state index contributed by atoms with van der Waals surface area (Å²) < 4.78 is 0. The molecule has 1 aliphatic heterocycles. The largest absolute Gasteiger partial charge is 0.345 e. The van der Waals surface area contributed by atoms with Gasteiger partial charge in [0, 0.05) is 45.7 Å². The van der Waals surface area contributed by atoms with Gasteiger partial charge in [-0.1, -0.05) is 25.0 Å². The van der Waals surface area contributed by atoms with Gasteiger partial charge < -0.3 is 15.1 Å². The topological polar surface area (TPSA) is 90.0 Å². The van der Waals surface area contributed by atoms with Crippen LogP contribution in [0, 0.1) is 0 Å². The molecule has 8 heteroatoms. The van der Waals surface area contributed by atoms with Gasteiger partial charge >= 0.3 is 6.03 Å². The van der Waals surface area contributed by atoms with E-state index in [-0.39, 0.29) is 36.7 Å². The van der Waals surface area contributed by atoms with Crippen LogP contribution in [0.1, 0.15) is 61.4 Å². The number of imide groups is 1. The van der Waals surface area contributed by atoms with Crippen LogP contribution in [0.15, 0.2) is 24.3 Å². The van der Waals surface area contributed by atoms with Gasteiger partial charge in [0.25, 0.3) is 11.8 Å². The quantitative estimate of drug-likeness (QED) is 0.644. The monoisotopic (exact) mass is 428 g/mol. The summed E-state index contributed by atoms with van der Waals surface area (Å²) in [6.45, 7) is 3.20. The highest BCUT2D eigenvalue weighted by atomic mass is 16.2. The molecule has 0 radical (unpaired) electrons. The van der Waals surface area contributed by atoms with Crippen LogP contribution < -0.4 is 5.32 Å². The van der Waals surface area contributed by atoms with E-state index in [4.69, 9.17) is 0 Å². The Morgan fingerprint density at radius 3 is 2.32 bits per heavy atom. The lowest BCUT2D eigenvalue weighted by molar-refractivity contribution is -0.133. The molecule has 31 heavy (non-hydrogen) atoms. The van der Waals surface area contributed by atoms with Crippen molar-refractivity contribution < 1.29 is 19.2 Å². The summed E-state index contributed by atoms with van der Waals surface area (Å²) in [5.41, 5.74) is 0.857. The Bertz CT molecular complexity index is 844. The highest BCUT2D eigenvalue weighted by molar-refractivity contribution is 6.07. The number of nitrogens with one attached hydrogen (secondary N) is 1. The molecule has 2 fully saturated rings. The van der Waals surface area contributed by atoms with Crippen molar-refractivity contribution in [1.29, 1.82) is 0 Å². The van der Waals surface area contributed by atoms with E-state index in [0.717, 1.165) is 18.4 Å². The first-order valence-corrected chi connectivity index (χ1v) is 11.0. The fraction of sp³-hybridized carbons (Fsp3) is 0.565. The van der Waals surface area contributed by atoms with E-state index >= 15 is 0 Å². The molecule has 8 nitrogen and oxygen atoms in total. The van der Waals surface area contributed by atoms with Gasteiger partial charge in [-0.15, -0.1) is 0 Å². The van der Waals surface area contributed by atoms with Crippen LogP contribution in [0.2, 0.25) is 0 Å². The fourth-order valence-electron chi connectivity index (χ4n) is 4.35. The fourth-order valence-corrected chi connectivity index (χ4v) is 4.35. The molecule has 1 aliphatic carbocycles. The number of rotatable bonds is 8. The zero-order valence-corrected chi connectivity index (χ0v) is 18.6. The Kier molecular flexibility index (Phi) is 6.97. The molecule has 0 unspecified atom stereocenters. The third kappa shape index (κ3) is 4.89. The summed E-state index contributed by atoms with van der Waals surface area (Å²) >= 11 is 0. The molecule has 0 atom stereocenters. The Morgan fingerprint density at radius 2 is 1.74 bits per heavy atom. The number of nitrogens with zero attached hydrogens (tertiary/aromatic N) is 3. The van der Waals surface area contributed by atoms with Crippen LogP contribution in [-0.2, 0) is 16.1 Å². The van der Waals surface area contributed by atoms with E-state index in [1.807, 2.05) is 19.1 Å². The molecule has 0 aromatic heterocycles. The van der Waals surface area contributed by atoms with E-state index in [1.165, 1.54) is 9.80 Å². The van der Waals surface area contributed by atoms with Gasteiger partial charge in [-0.25, -0.2) is 4.79 Å². The number of hydrogen-bond acceptors (Lipinski definition) is 4. The Hall–Kier alpha value is -2.90. The molecule has 2 aliphatic rings. The van der Waals surface area contributed by atoms with Gasteiger partial charge in [0.15, 0.2) is 0 Å². The van der Waals surface area contributed by atoms with Crippen LogP contribution in [0.3, 0.4) is 0 Å². The predicted molar refractivity (Wildman–Crippen MR) is 116 cm³/mol. The summed E-state index contributed by atoms with van der Waals surface area (Å²) in [6, 6.07) is 6.93. The van der Waals surface area contributed by atoms with Crippen LogP contribution in [0.25, 0.3) is 0 Å². The maximum absolute atomic E-state index is 12.7. The lowest BCUT2D eigenvalue weighted by Crippen LogP contribution is -2.44. The van der Waals surface area contributed by atoms with E-state index in [2.05, 4.69) is 5.32 Å². The third-order valence-electron chi connectivity index (χ3n) is 6.19. The smallest absolute Gasteiger partial charge is 0.325 e. The van der Waals surface area contributed by atoms with Gasteiger partial charge in [0.1, 0.15) is 5.54 Å². The minimum Gasteiger partial charge on any atom is -0.345 e. The molecule has 3 rings (SSSR count). The molecule has 1 N–H and O–H groups in total. The van der Waals surface area contributed by atoms with E-state index in [1.54, 1.807) is 31.1 Å². The minimum absolute atomic E-state index is 0.0152. The first kappa shape index (κ1) is 22.8. The number of amides is 5. The van der Waals surface area contributed by atoms with E-state index in [9.17, 15) is 19.2 Å². The van der Waals surface area contributed by atoms with Crippen LogP contribution >= 0.6 is 0 Å². The third-order valence-corrected chi connectivity index (χ3v) is 6.19. The standard InChI is InChI=1S/C23H32N4O4/c1-4-26(16-17-9-11-18(12-10-17)20(29)25(2)3)19(28)8-7-15-27-21(30)23(24-22(27)31)13-5-6-14-23/h9-12H,4-8,13-16H2,1-3H3,(H,24,31). The number of carbonyl (C=O) groups is 4. The average Bonchev–Trinajstić information content (AvgIpc) is 3.31. The second-order valence-corrected chi connectivity index (χ2v) is 8.58. The first-order valence-electron chi connectivity index (χ1n) is 11.0. The average molecular weight is 429 g/mol.